The number of aromatic nitrogens is 1. The summed E-state index contributed by atoms with van der Waals surface area (Å²) in [5.41, 5.74) is 4.15. The monoisotopic (exact) mass is 301 g/mol. The molecule has 1 aromatic carbocycles. The van der Waals surface area contributed by atoms with Crippen LogP contribution in [0, 0.1) is 13.8 Å². The van der Waals surface area contributed by atoms with Crippen molar-refractivity contribution in [2.75, 3.05) is 0 Å². The Morgan fingerprint density at radius 3 is 2.39 bits per heavy atom. The normalized spacial score (nSPS) is 11.0. The molecule has 0 aliphatic carbocycles. The first-order valence-electron chi connectivity index (χ1n) is 6.06. The van der Waals surface area contributed by atoms with E-state index < -0.39 is 0 Å². The van der Waals surface area contributed by atoms with Gasteiger partial charge in [0.2, 0.25) is 0 Å². The van der Waals surface area contributed by atoms with Gasteiger partial charge in [0, 0.05) is 0 Å². The summed E-state index contributed by atoms with van der Waals surface area (Å²) in [6, 6.07) is 17.2. The van der Waals surface area contributed by atoms with E-state index in [9.17, 15) is 0 Å². The third-order valence-electron chi connectivity index (χ3n) is 3.30. The van der Waals surface area contributed by atoms with Crippen molar-refractivity contribution in [3.05, 3.63) is 66.0 Å². The third-order valence-corrected chi connectivity index (χ3v) is 5.88. The number of hydrogen-bond acceptors (Lipinski definition) is 0. The van der Waals surface area contributed by atoms with Crippen molar-refractivity contribution in [1.82, 2.24) is 4.40 Å². The van der Waals surface area contributed by atoms with Crippen molar-refractivity contribution < 1.29 is 0 Å². The van der Waals surface area contributed by atoms with Gasteiger partial charge in [0.05, 0.1) is 0 Å². The summed E-state index contributed by atoms with van der Waals surface area (Å²) >= 11 is 0.381. The molecule has 3 rings (SSSR count). The van der Waals surface area contributed by atoms with Crippen LogP contribution in [0.3, 0.4) is 0 Å². The number of nitrogens with zero attached hydrogens (tertiary/aromatic N) is 1. The van der Waals surface area contributed by atoms with E-state index in [0.717, 1.165) is 0 Å². The van der Waals surface area contributed by atoms with Crippen molar-refractivity contribution in [3.8, 4) is 0 Å². The maximum absolute atomic E-state index is 2.30. The third kappa shape index (κ3) is 1.88. The second-order valence-electron chi connectivity index (χ2n) is 4.41. The zero-order valence-electron chi connectivity index (χ0n) is 10.6. The molecule has 2 heterocycles. The molecular formula is C16H15NSe. The molecule has 0 unspecified atom stereocenters. The summed E-state index contributed by atoms with van der Waals surface area (Å²) in [7, 11) is 0. The van der Waals surface area contributed by atoms with Gasteiger partial charge in [-0.2, -0.15) is 0 Å². The summed E-state index contributed by atoms with van der Waals surface area (Å²) in [6.07, 6.45) is 2.15. The van der Waals surface area contributed by atoms with Crippen molar-refractivity contribution in [1.29, 1.82) is 0 Å². The van der Waals surface area contributed by atoms with E-state index in [2.05, 4.69) is 73.0 Å². The molecular weight excluding hydrogens is 285 g/mol. The Morgan fingerprint density at radius 1 is 0.889 bits per heavy atom. The SMILES string of the molecule is Cc1c([Se]c2ccccc2)c2ccccn2c1C. The van der Waals surface area contributed by atoms with E-state index in [0.29, 0.717) is 15.0 Å². The number of fused-ring (bicyclic) bond motifs is 1. The van der Waals surface area contributed by atoms with E-state index in [1.54, 1.807) is 0 Å². The van der Waals surface area contributed by atoms with Gasteiger partial charge in [-0.1, -0.05) is 0 Å². The maximum atomic E-state index is 2.30. The Hall–Kier alpha value is -1.50. The molecule has 0 spiro atoms. The fourth-order valence-electron chi connectivity index (χ4n) is 2.19. The Balaban J connectivity index is 2.15. The number of benzene rings is 1. The van der Waals surface area contributed by atoms with Crippen LogP contribution in [0.15, 0.2) is 54.7 Å². The van der Waals surface area contributed by atoms with Gasteiger partial charge in [-0.15, -0.1) is 0 Å². The molecule has 0 fully saturated rings. The molecule has 1 nitrogen and oxygen atoms in total. The summed E-state index contributed by atoms with van der Waals surface area (Å²) in [5.74, 6) is 0. The fourth-order valence-corrected chi connectivity index (χ4v) is 4.50. The molecule has 0 saturated heterocycles. The molecule has 0 saturated carbocycles. The van der Waals surface area contributed by atoms with Crippen LogP contribution in [0.4, 0.5) is 0 Å². The molecule has 0 bridgehead atoms. The van der Waals surface area contributed by atoms with Gasteiger partial charge in [-0.3, -0.25) is 0 Å². The Morgan fingerprint density at radius 2 is 1.61 bits per heavy atom. The van der Waals surface area contributed by atoms with Crippen LogP contribution in [-0.4, -0.2) is 19.4 Å². The Bertz CT molecular complexity index is 683. The van der Waals surface area contributed by atoms with Crippen molar-refractivity contribution in [2.24, 2.45) is 0 Å². The average molecular weight is 300 g/mol. The Labute approximate surface area is 114 Å². The number of pyridine rings is 1. The predicted octanol–water partition coefficient (Wildman–Crippen LogP) is 2.21. The van der Waals surface area contributed by atoms with Gasteiger partial charge in [0.25, 0.3) is 0 Å². The predicted molar refractivity (Wildman–Crippen MR) is 78.3 cm³/mol. The van der Waals surface area contributed by atoms with Crippen LogP contribution in [0.25, 0.3) is 5.52 Å². The van der Waals surface area contributed by atoms with Crippen LogP contribution in [-0.2, 0) is 0 Å². The van der Waals surface area contributed by atoms with Crippen LogP contribution < -0.4 is 8.92 Å². The molecule has 0 N–H and O–H groups in total. The van der Waals surface area contributed by atoms with E-state index in [4.69, 9.17) is 0 Å². The quantitative estimate of drug-likeness (QED) is 0.639. The van der Waals surface area contributed by atoms with E-state index >= 15 is 0 Å². The molecule has 18 heavy (non-hydrogen) atoms. The summed E-state index contributed by atoms with van der Waals surface area (Å²) < 4.78 is 5.24. The zero-order chi connectivity index (χ0) is 12.5. The van der Waals surface area contributed by atoms with Gasteiger partial charge < -0.3 is 0 Å². The second-order valence-corrected chi connectivity index (χ2v) is 6.68. The van der Waals surface area contributed by atoms with E-state index in [1.165, 1.54) is 25.7 Å². The average Bonchev–Trinajstić information content (AvgIpc) is 2.66. The molecule has 90 valence electrons. The molecule has 3 aromatic rings. The summed E-state index contributed by atoms with van der Waals surface area (Å²) in [4.78, 5) is 0. The molecule has 0 radical (unpaired) electrons. The van der Waals surface area contributed by atoms with Crippen LogP contribution >= 0.6 is 0 Å². The van der Waals surface area contributed by atoms with Crippen LogP contribution in [0.2, 0.25) is 0 Å². The zero-order valence-corrected chi connectivity index (χ0v) is 12.3. The molecule has 0 atom stereocenters. The van der Waals surface area contributed by atoms with Gasteiger partial charge in [0.15, 0.2) is 0 Å². The first-order valence-corrected chi connectivity index (χ1v) is 7.78. The number of hydrogen-bond donors (Lipinski definition) is 0. The summed E-state index contributed by atoms with van der Waals surface area (Å²) in [6.45, 7) is 4.44. The second kappa shape index (κ2) is 4.64. The molecule has 0 amide bonds. The fraction of sp³-hybridized carbons (Fsp3) is 0.125. The van der Waals surface area contributed by atoms with Crippen molar-refractivity contribution in [3.63, 3.8) is 0 Å². The number of rotatable bonds is 2. The van der Waals surface area contributed by atoms with Crippen molar-refractivity contribution in [2.45, 2.75) is 13.8 Å². The Kier molecular flexibility index (Phi) is 2.99. The van der Waals surface area contributed by atoms with Gasteiger partial charge in [-0.05, 0) is 0 Å². The number of aryl methyl sites for hydroxylation is 1. The molecule has 0 aliphatic rings. The first-order chi connectivity index (χ1) is 8.77. The molecule has 0 aliphatic heterocycles. The van der Waals surface area contributed by atoms with E-state index in [-0.39, 0.29) is 0 Å². The van der Waals surface area contributed by atoms with E-state index in [1.807, 2.05) is 0 Å². The molecule has 2 aromatic heterocycles. The molecule has 2 heteroatoms. The van der Waals surface area contributed by atoms with Gasteiger partial charge in [-0.25, -0.2) is 0 Å². The first kappa shape index (κ1) is 11.6. The topological polar surface area (TPSA) is 4.41 Å². The van der Waals surface area contributed by atoms with Crippen molar-refractivity contribution >= 4 is 29.4 Å². The standard InChI is InChI=1S/C16H15NSe/c1-12-13(2)17-11-7-6-10-15(17)16(12)18-14-8-4-3-5-9-14/h3-11H,1-2H3. The van der Waals surface area contributed by atoms with Gasteiger partial charge in [0.1, 0.15) is 0 Å². The minimum atomic E-state index is 0.381. The summed E-state index contributed by atoms with van der Waals surface area (Å²) in [5, 5.41) is 0. The van der Waals surface area contributed by atoms with Crippen LogP contribution in [0.5, 0.6) is 0 Å². The minimum absolute atomic E-state index is 0.381. The van der Waals surface area contributed by atoms with Crippen LogP contribution in [0.1, 0.15) is 11.3 Å². The van der Waals surface area contributed by atoms with Gasteiger partial charge >= 0.3 is 114 Å².